The molecular formula is C22H27ClN2O4S. The Balaban J connectivity index is 1.73. The quantitative estimate of drug-likeness (QED) is 0.723. The first-order chi connectivity index (χ1) is 14.2. The van der Waals surface area contributed by atoms with Crippen LogP contribution in [-0.4, -0.2) is 38.8 Å². The molecule has 1 fully saturated rings. The Morgan fingerprint density at radius 3 is 2.60 bits per heavy atom. The second-order valence-corrected chi connectivity index (χ2v) is 9.98. The van der Waals surface area contributed by atoms with Gasteiger partial charge in [0.15, 0.2) is 0 Å². The van der Waals surface area contributed by atoms with Gasteiger partial charge in [-0.15, -0.1) is 0 Å². The summed E-state index contributed by atoms with van der Waals surface area (Å²) in [6.07, 6.45) is 1.27. The molecule has 3 rings (SSSR count). The number of nitrogens with one attached hydrogen (secondary N) is 1. The van der Waals surface area contributed by atoms with Gasteiger partial charge < -0.3 is 10.1 Å². The Kier molecular flexibility index (Phi) is 7.06. The van der Waals surface area contributed by atoms with Crippen LogP contribution in [0.3, 0.4) is 0 Å². The molecule has 1 aliphatic heterocycles. The van der Waals surface area contributed by atoms with Crippen molar-refractivity contribution >= 4 is 27.5 Å². The molecule has 2 aromatic carbocycles. The summed E-state index contributed by atoms with van der Waals surface area (Å²) in [5.41, 5.74) is 1.77. The van der Waals surface area contributed by atoms with Gasteiger partial charge in [0.05, 0.1) is 19.1 Å². The van der Waals surface area contributed by atoms with E-state index in [1.54, 1.807) is 24.3 Å². The third kappa shape index (κ3) is 4.96. The van der Waals surface area contributed by atoms with E-state index in [4.69, 9.17) is 16.3 Å². The van der Waals surface area contributed by atoms with Gasteiger partial charge in [0.25, 0.3) is 0 Å². The van der Waals surface area contributed by atoms with Crippen LogP contribution in [0.4, 0.5) is 0 Å². The number of hydrogen-bond acceptors (Lipinski definition) is 4. The van der Waals surface area contributed by atoms with Crippen LogP contribution in [0, 0.1) is 12.8 Å². The number of nitrogens with zero attached hydrogens (tertiary/aromatic N) is 1. The molecule has 0 radical (unpaired) electrons. The van der Waals surface area contributed by atoms with E-state index in [9.17, 15) is 13.2 Å². The lowest BCUT2D eigenvalue weighted by Gasteiger charge is -2.32. The fraction of sp³-hybridized carbons (Fsp3) is 0.409. The molecule has 0 bridgehead atoms. The highest BCUT2D eigenvalue weighted by molar-refractivity contribution is 7.89. The molecule has 0 spiro atoms. The zero-order chi connectivity index (χ0) is 21.9. The first-order valence-corrected chi connectivity index (χ1v) is 11.7. The Labute approximate surface area is 183 Å². The van der Waals surface area contributed by atoms with Crippen molar-refractivity contribution in [2.24, 2.45) is 5.92 Å². The van der Waals surface area contributed by atoms with E-state index >= 15 is 0 Å². The van der Waals surface area contributed by atoms with Crippen LogP contribution in [0.1, 0.15) is 36.9 Å². The fourth-order valence-corrected chi connectivity index (χ4v) is 5.56. The predicted molar refractivity (Wildman–Crippen MR) is 117 cm³/mol. The highest BCUT2D eigenvalue weighted by atomic mass is 35.5. The molecule has 0 aliphatic carbocycles. The minimum absolute atomic E-state index is 0.139. The van der Waals surface area contributed by atoms with Crippen molar-refractivity contribution in [2.45, 2.75) is 37.6 Å². The van der Waals surface area contributed by atoms with Gasteiger partial charge in [-0.25, -0.2) is 8.42 Å². The minimum Gasteiger partial charge on any atom is -0.495 e. The lowest BCUT2D eigenvalue weighted by molar-refractivity contribution is -0.126. The van der Waals surface area contributed by atoms with Gasteiger partial charge in [0.2, 0.25) is 15.9 Å². The van der Waals surface area contributed by atoms with E-state index in [-0.39, 0.29) is 23.4 Å². The third-order valence-corrected chi connectivity index (χ3v) is 7.56. The van der Waals surface area contributed by atoms with Crippen molar-refractivity contribution < 1.29 is 17.9 Å². The highest BCUT2D eigenvalue weighted by Gasteiger charge is 2.35. The molecule has 1 N–H and O–H groups in total. The second kappa shape index (κ2) is 9.37. The van der Waals surface area contributed by atoms with Gasteiger partial charge in [-0.05, 0) is 62.1 Å². The number of aryl methyl sites for hydroxylation is 1. The Morgan fingerprint density at radius 1 is 1.23 bits per heavy atom. The van der Waals surface area contributed by atoms with E-state index in [1.165, 1.54) is 11.4 Å². The number of ether oxygens (including phenoxy) is 1. The Bertz CT molecular complexity index is 1010. The number of rotatable bonds is 6. The second-order valence-electron chi connectivity index (χ2n) is 7.64. The Morgan fingerprint density at radius 2 is 1.93 bits per heavy atom. The van der Waals surface area contributed by atoms with E-state index in [1.807, 2.05) is 32.0 Å². The summed E-state index contributed by atoms with van der Waals surface area (Å²) >= 11 is 5.93. The first kappa shape index (κ1) is 22.6. The molecule has 0 saturated carbocycles. The normalized spacial score (nSPS) is 18.6. The zero-order valence-electron chi connectivity index (χ0n) is 17.4. The molecule has 0 aromatic heterocycles. The number of sulfonamides is 1. The number of halogens is 1. The first-order valence-electron chi connectivity index (χ1n) is 9.93. The van der Waals surface area contributed by atoms with Crippen molar-refractivity contribution in [3.8, 4) is 5.75 Å². The van der Waals surface area contributed by atoms with E-state index in [0.717, 1.165) is 11.1 Å². The van der Waals surface area contributed by atoms with Crippen molar-refractivity contribution in [1.82, 2.24) is 9.62 Å². The molecular weight excluding hydrogens is 424 g/mol. The zero-order valence-corrected chi connectivity index (χ0v) is 19.0. The van der Waals surface area contributed by atoms with Crippen LogP contribution in [-0.2, 0) is 14.8 Å². The van der Waals surface area contributed by atoms with Crippen LogP contribution < -0.4 is 10.1 Å². The average Bonchev–Trinajstić information content (AvgIpc) is 2.74. The van der Waals surface area contributed by atoms with Crippen molar-refractivity contribution in [1.29, 1.82) is 0 Å². The molecule has 30 heavy (non-hydrogen) atoms. The van der Waals surface area contributed by atoms with Crippen molar-refractivity contribution in [3.63, 3.8) is 0 Å². The van der Waals surface area contributed by atoms with Gasteiger partial charge >= 0.3 is 0 Å². The van der Waals surface area contributed by atoms with Gasteiger partial charge in [-0.3, -0.25) is 4.79 Å². The van der Waals surface area contributed by atoms with Crippen molar-refractivity contribution in [3.05, 3.63) is 58.6 Å². The lowest BCUT2D eigenvalue weighted by Crippen LogP contribution is -2.45. The monoisotopic (exact) mass is 450 g/mol. The van der Waals surface area contributed by atoms with Crippen LogP contribution in [0.2, 0.25) is 5.02 Å². The van der Waals surface area contributed by atoms with E-state index in [2.05, 4.69) is 5.32 Å². The van der Waals surface area contributed by atoms with E-state index < -0.39 is 15.9 Å². The highest BCUT2D eigenvalue weighted by Crippen LogP contribution is 2.31. The molecule has 1 amide bonds. The summed E-state index contributed by atoms with van der Waals surface area (Å²) in [6, 6.07) is 12.2. The minimum atomic E-state index is -3.77. The van der Waals surface area contributed by atoms with Crippen LogP contribution >= 0.6 is 11.6 Å². The number of amides is 1. The molecule has 162 valence electrons. The Hall–Kier alpha value is -2.09. The summed E-state index contributed by atoms with van der Waals surface area (Å²) in [5.74, 6) is -0.240. The largest absolute Gasteiger partial charge is 0.495 e. The summed E-state index contributed by atoms with van der Waals surface area (Å²) in [5, 5.41) is 3.64. The van der Waals surface area contributed by atoms with E-state index in [0.29, 0.717) is 30.2 Å². The number of piperidine rings is 1. The number of benzene rings is 2. The number of carbonyl (C=O) groups excluding carboxylic acids is 1. The standard InChI is InChI=1S/C22H27ClN2O4S/c1-15-6-11-20(29-3)21(13-15)30(27,28)25-12-4-5-18(14-25)22(26)24-16(2)17-7-9-19(23)10-8-17/h6-11,13,16,18H,4-5,12,14H2,1-3H3,(H,24,26)/t16-,18-/m1/s1. The number of carbonyl (C=O) groups is 1. The maximum Gasteiger partial charge on any atom is 0.246 e. The predicted octanol–water partition coefficient (Wildman–Crippen LogP) is 3.94. The van der Waals surface area contributed by atoms with Crippen LogP contribution in [0.25, 0.3) is 0 Å². The molecule has 2 atom stereocenters. The SMILES string of the molecule is COc1ccc(C)cc1S(=O)(=O)N1CCC[C@@H](C(=O)N[C@H](C)c2ccc(Cl)cc2)C1. The number of methoxy groups -OCH3 is 1. The average molecular weight is 451 g/mol. The maximum absolute atomic E-state index is 13.3. The topological polar surface area (TPSA) is 75.7 Å². The van der Waals surface area contributed by atoms with Crippen LogP contribution in [0.5, 0.6) is 5.75 Å². The molecule has 8 heteroatoms. The van der Waals surface area contributed by atoms with Gasteiger partial charge in [0.1, 0.15) is 10.6 Å². The van der Waals surface area contributed by atoms with Crippen molar-refractivity contribution in [2.75, 3.05) is 20.2 Å². The maximum atomic E-state index is 13.3. The smallest absolute Gasteiger partial charge is 0.246 e. The molecule has 1 saturated heterocycles. The molecule has 1 aliphatic rings. The van der Waals surface area contributed by atoms with Gasteiger partial charge in [0, 0.05) is 18.1 Å². The fourth-order valence-electron chi connectivity index (χ4n) is 3.67. The summed E-state index contributed by atoms with van der Waals surface area (Å²) in [6.45, 7) is 4.27. The lowest BCUT2D eigenvalue weighted by atomic mass is 9.98. The summed E-state index contributed by atoms with van der Waals surface area (Å²) < 4.78 is 33.2. The summed E-state index contributed by atoms with van der Waals surface area (Å²) in [7, 11) is -2.31. The third-order valence-electron chi connectivity index (χ3n) is 5.42. The summed E-state index contributed by atoms with van der Waals surface area (Å²) in [4.78, 5) is 13.0. The molecule has 2 aromatic rings. The molecule has 6 nitrogen and oxygen atoms in total. The molecule has 0 unspecified atom stereocenters. The van der Waals surface area contributed by atoms with Crippen LogP contribution in [0.15, 0.2) is 47.4 Å². The molecule has 1 heterocycles. The van der Waals surface area contributed by atoms with Gasteiger partial charge in [-0.1, -0.05) is 29.8 Å². The van der Waals surface area contributed by atoms with Gasteiger partial charge in [-0.2, -0.15) is 4.31 Å². The number of hydrogen-bond donors (Lipinski definition) is 1.